The first kappa shape index (κ1) is 22.8. The first-order chi connectivity index (χ1) is 12.9. The van der Waals surface area contributed by atoms with E-state index in [9.17, 15) is 0 Å². The van der Waals surface area contributed by atoms with Crippen molar-refractivity contribution in [2.75, 3.05) is 0 Å². The summed E-state index contributed by atoms with van der Waals surface area (Å²) in [5.41, 5.74) is 1.40. The second-order valence-electron chi connectivity index (χ2n) is 6.67. The standard InChI is InChI=1S/C25H23P.HI.H3P/c1-5-13-22(14-6-1)21-26(23-15-7-2-8-16-23,24-17-9-3-10-18-24)25-19-11-4-12-20-25;;/h1-20,26H,21H2;1H;1H3. The predicted octanol–water partition coefficient (Wildman–Crippen LogP) is 5.59. The molecular formula is C25H27IP2. The third kappa shape index (κ3) is 4.71. The van der Waals surface area contributed by atoms with Gasteiger partial charge in [0.05, 0.1) is 0 Å². The molecule has 0 heterocycles. The molecule has 0 radical (unpaired) electrons. The molecule has 0 saturated carbocycles. The molecule has 0 aromatic heterocycles. The van der Waals surface area contributed by atoms with Crippen LogP contribution in [0, 0.1) is 0 Å². The van der Waals surface area contributed by atoms with Gasteiger partial charge in [0.25, 0.3) is 0 Å². The van der Waals surface area contributed by atoms with Gasteiger partial charge in [-0.15, -0.1) is 24.0 Å². The van der Waals surface area contributed by atoms with Gasteiger partial charge < -0.3 is 0 Å². The summed E-state index contributed by atoms with van der Waals surface area (Å²) < 4.78 is 0. The summed E-state index contributed by atoms with van der Waals surface area (Å²) >= 11 is 0. The van der Waals surface area contributed by atoms with Crippen molar-refractivity contribution in [2.45, 2.75) is 6.16 Å². The SMILES string of the molecule is I.P.c1ccc(C[PH](c2ccccc2)(c2ccccc2)c2ccccc2)cc1. The molecule has 3 heteroatoms. The summed E-state index contributed by atoms with van der Waals surface area (Å²) in [5.74, 6) is 0. The van der Waals surface area contributed by atoms with Crippen LogP contribution >= 0.6 is 41.1 Å². The van der Waals surface area contributed by atoms with E-state index in [0.717, 1.165) is 6.16 Å². The van der Waals surface area contributed by atoms with Crippen molar-refractivity contribution >= 4 is 57.1 Å². The van der Waals surface area contributed by atoms with E-state index in [1.165, 1.54) is 21.5 Å². The van der Waals surface area contributed by atoms with Gasteiger partial charge in [0.1, 0.15) is 0 Å². The Kier molecular flexibility index (Phi) is 8.83. The number of benzene rings is 4. The van der Waals surface area contributed by atoms with E-state index < -0.39 is 7.26 Å². The Morgan fingerprint density at radius 3 is 1.04 bits per heavy atom. The number of halogens is 1. The van der Waals surface area contributed by atoms with Gasteiger partial charge in [-0.3, -0.25) is 0 Å². The molecule has 0 nitrogen and oxygen atoms in total. The number of hydrogen-bond acceptors (Lipinski definition) is 0. The Balaban J connectivity index is 0.00000140. The Hall–Kier alpha value is -1.53. The Morgan fingerprint density at radius 2 is 0.714 bits per heavy atom. The van der Waals surface area contributed by atoms with Gasteiger partial charge in [0.2, 0.25) is 0 Å². The van der Waals surface area contributed by atoms with Crippen molar-refractivity contribution in [2.24, 2.45) is 0 Å². The van der Waals surface area contributed by atoms with Crippen molar-refractivity contribution in [1.29, 1.82) is 0 Å². The summed E-state index contributed by atoms with van der Waals surface area (Å²) in [6.45, 7) is 0. The molecule has 0 fully saturated rings. The van der Waals surface area contributed by atoms with Crippen LogP contribution in [0.3, 0.4) is 0 Å². The van der Waals surface area contributed by atoms with Gasteiger partial charge in [0, 0.05) is 0 Å². The number of hydrogen-bond donors (Lipinski definition) is 0. The molecule has 0 amide bonds. The normalized spacial score (nSPS) is 11.0. The van der Waals surface area contributed by atoms with Gasteiger partial charge in [-0.2, -0.15) is 9.90 Å². The summed E-state index contributed by atoms with van der Waals surface area (Å²) in [4.78, 5) is 0. The van der Waals surface area contributed by atoms with Crippen LogP contribution in [-0.2, 0) is 6.16 Å². The van der Waals surface area contributed by atoms with E-state index in [0.29, 0.717) is 0 Å². The average Bonchev–Trinajstić information content (AvgIpc) is 2.75. The summed E-state index contributed by atoms with van der Waals surface area (Å²) in [6, 6.07) is 44.2. The van der Waals surface area contributed by atoms with Crippen LogP contribution in [0.25, 0.3) is 0 Å². The second kappa shape index (κ2) is 10.9. The summed E-state index contributed by atoms with van der Waals surface area (Å²) in [6.07, 6.45) is 1.06. The van der Waals surface area contributed by atoms with Crippen LogP contribution in [0.5, 0.6) is 0 Å². The summed E-state index contributed by atoms with van der Waals surface area (Å²) in [5, 5.41) is 4.38. The van der Waals surface area contributed by atoms with Crippen LogP contribution in [0.15, 0.2) is 121 Å². The molecule has 0 spiro atoms. The first-order valence-electron chi connectivity index (χ1n) is 9.10. The Labute approximate surface area is 189 Å². The molecule has 0 aliphatic carbocycles. The molecule has 4 rings (SSSR count). The predicted molar refractivity (Wildman–Crippen MR) is 143 cm³/mol. The molecule has 4 aromatic carbocycles. The van der Waals surface area contributed by atoms with Gasteiger partial charge in [0.15, 0.2) is 0 Å². The first-order valence-corrected chi connectivity index (χ1v) is 11.3. The fraction of sp³-hybridized carbons (Fsp3) is 0.0400. The van der Waals surface area contributed by atoms with Crippen LogP contribution < -0.4 is 15.9 Å². The van der Waals surface area contributed by atoms with E-state index >= 15 is 0 Å². The second-order valence-corrected chi connectivity index (χ2v) is 10.6. The van der Waals surface area contributed by atoms with Gasteiger partial charge >= 0.3 is 156 Å². The fourth-order valence-electron chi connectivity index (χ4n) is 3.88. The minimum atomic E-state index is -2.16. The molecule has 0 bridgehead atoms. The Morgan fingerprint density at radius 1 is 0.429 bits per heavy atom. The monoisotopic (exact) mass is 516 g/mol. The molecule has 0 aliphatic rings. The molecule has 144 valence electrons. The van der Waals surface area contributed by atoms with Crippen LogP contribution in [0.4, 0.5) is 0 Å². The molecule has 0 saturated heterocycles. The zero-order chi connectivity index (χ0) is 17.7. The molecular weight excluding hydrogens is 489 g/mol. The maximum atomic E-state index is 2.31. The van der Waals surface area contributed by atoms with E-state index in [2.05, 4.69) is 121 Å². The van der Waals surface area contributed by atoms with Crippen molar-refractivity contribution in [3.8, 4) is 0 Å². The topological polar surface area (TPSA) is 0 Å². The van der Waals surface area contributed by atoms with Crippen molar-refractivity contribution < 1.29 is 0 Å². The van der Waals surface area contributed by atoms with Crippen molar-refractivity contribution in [3.63, 3.8) is 0 Å². The fourth-order valence-corrected chi connectivity index (χ4v) is 8.62. The minimum absolute atomic E-state index is 0. The van der Waals surface area contributed by atoms with E-state index in [1.54, 1.807) is 0 Å². The van der Waals surface area contributed by atoms with Crippen molar-refractivity contribution in [3.05, 3.63) is 127 Å². The van der Waals surface area contributed by atoms with Gasteiger partial charge in [-0.05, 0) is 0 Å². The molecule has 0 aliphatic heterocycles. The molecule has 28 heavy (non-hydrogen) atoms. The van der Waals surface area contributed by atoms with Crippen LogP contribution in [0.1, 0.15) is 5.56 Å². The van der Waals surface area contributed by atoms with Crippen molar-refractivity contribution in [1.82, 2.24) is 0 Å². The number of rotatable bonds is 5. The zero-order valence-corrected chi connectivity index (χ0v) is 20.6. The Bertz CT molecular complexity index is 846. The third-order valence-electron chi connectivity index (χ3n) is 5.11. The quantitative estimate of drug-likeness (QED) is 0.240. The zero-order valence-electron chi connectivity index (χ0n) is 15.9. The third-order valence-corrected chi connectivity index (χ3v) is 10.0. The van der Waals surface area contributed by atoms with Crippen LogP contribution in [-0.4, -0.2) is 0 Å². The average molecular weight is 516 g/mol. The van der Waals surface area contributed by atoms with Gasteiger partial charge in [-0.1, -0.05) is 0 Å². The molecule has 0 N–H and O–H groups in total. The van der Waals surface area contributed by atoms with E-state index in [1.807, 2.05) is 0 Å². The molecule has 1 unspecified atom stereocenters. The maximum absolute atomic E-state index is 2.31. The van der Waals surface area contributed by atoms with Gasteiger partial charge in [-0.25, -0.2) is 0 Å². The van der Waals surface area contributed by atoms with E-state index in [-0.39, 0.29) is 33.9 Å². The van der Waals surface area contributed by atoms with E-state index in [4.69, 9.17) is 0 Å². The molecule has 4 aromatic rings. The van der Waals surface area contributed by atoms with Crippen LogP contribution in [0.2, 0.25) is 0 Å². The summed E-state index contributed by atoms with van der Waals surface area (Å²) in [7, 11) is -2.16. The molecule has 1 atom stereocenters.